The van der Waals surface area contributed by atoms with Crippen LogP contribution in [0.4, 0.5) is 21.9 Å². The lowest BCUT2D eigenvalue weighted by atomic mass is 10.2. The van der Waals surface area contributed by atoms with Gasteiger partial charge in [-0.05, 0) is 48.5 Å². The van der Waals surface area contributed by atoms with E-state index in [9.17, 15) is 14.7 Å². The van der Waals surface area contributed by atoms with Crippen LogP contribution in [0.25, 0.3) is 0 Å². The van der Waals surface area contributed by atoms with Crippen molar-refractivity contribution in [1.29, 1.82) is 0 Å². The Bertz CT molecular complexity index is 892. The molecule has 0 bridgehead atoms. The molecule has 0 aliphatic carbocycles. The molecule has 2 aromatic rings. The number of hydrogen-bond acceptors (Lipinski definition) is 5. The number of piperazine rings is 1. The zero-order valence-electron chi connectivity index (χ0n) is 18.7. The second-order valence-electron chi connectivity index (χ2n) is 7.90. The van der Waals surface area contributed by atoms with Crippen molar-refractivity contribution >= 4 is 29.0 Å². The Morgan fingerprint density at radius 3 is 1.71 bits per heavy atom. The van der Waals surface area contributed by atoms with Crippen LogP contribution >= 0.6 is 0 Å². The first-order valence-electron chi connectivity index (χ1n) is 10.4. The van der Waals surface area contributed by atoms with E-state index in [0.29, 0.717) is 0 Å². The summed E-state index contributed by atoms with van der Waals surface area (Å²) in [6.45, 7) is 5.32. The van der Waals surface area contributed by atoms with Crippen molar-refractivity contribution in [1.82, 2.24) is 9.80 Å². The van der Waals surface area contributed by atoms with E-state index in [1.54, 1.807) is 38.2 Å². The predicted molar refractivity (Wildman–Crippen MR) is 124 cm³/mol. The van der Waals surface area contributed by atoms with Gasteiger partial charge in [-0.2, -0.15) is 0 Å². The Hall–Kier alpha value is -3.42. The van der Waals surface area contributed by atoms with E-state index in [-0.39, 0.29) is 24.4 Å². The lowest BCUT2D eigenvalue weighted by Gasteiger charge is -2.37. The summed E-state index contributed by atoms with van der Waals surface area (Å²) in [5.74, 6) is 0.195. The highest BCUT2D eigenvalue weighted by molar-refractivity contribution is 5.91. The molecule has 31 heavy (non-hydrogen) atoms. The lowest BCUT2D eigenvalue weighted by molar-refractivity contribution is -0.128. The Labute approximate surface area is 183 Å². The molecule has 0 spiro atoms. The molecule has 166 valence electrons. The van der Waals surface area contributed by atoms with Gasteiger partial charge in [-0.15, -0.1) is 0 Å². The zero-order valence-corrected chi connectivity index (χ0v) is 18.7. The normalized spacial score (nSPS) is 13.7. The number of nitrogens with zero attached hydrogens (tertiary/aromatic N) is 5. The number of aromatic hydroxyl groups is 1. The Kier molecular flexibility index (Phi) is 6.89. The number of benzene rings is 2. The summed E-state index contributed by atoms with van der Waals surface area (Å²) in [5.41, 5.74) is 3.04. The quantitative estimate of drug-likeness (QED) is 0.746. The number of urea groups is 1. The molecule has 1 aliphatic heterocycles. The molecule has 8 nitrogen and oxygen atoms in total. The minimum atomic E-state index is -0.177. The van der Waals surface area contributed by atoms with Crippen LogP contribution in [0.3, 0.4) is 0 Å². The molecule has 0 aromatic heterocycles. The molecule has 2 aromatic carbocycles. The number of rotatable bonds is 5. The molecule has 3 rings (SSSR count). The molecule has 1 heterocycles. The molecule has 1 saturated heterocycles. The van der Waals surface area contributed by atoms with Gasteiger partial charge in [-0.25, -0.2) is 4.79 Å². The molecule has 1 aliphatic rings. The van der Waals surface area contributed by atoms with E-state index in [1.165, 1.54) is 16.7 Å². The van der Waals surface area contributed by atoms with Crippen LogP contribution in [0.5, 0.6) is 5.75 Å². The minimum absolute atomic E-state index is 0.0860. The standard InChI is InChI=1S/C23H31N5O3/c1-18(29)24(2)17-25(3)23(31)26(4)19-5-7-20(8-6-19)27-13-15-28(16-14-27)21-9-11-22(30)12-10-21/h5-12,30H,13-17H2,1-4H3. The van der Waals surface area contributed by atoms with Crippen molar-refractivity contribution in [3.8, 4) is 5.75 Å². The smallest absolute Gasteiger partial charge is 0.325 e. The number of carbonyl (C=O) groups is 2. The van der Waals surface area contributed by atoms with E-state index >= 15 is 0 Å². The second kappa shape index (κ2) is 9.59. The third kappa shape index (κ3) is 5.39. The van der Waals surface area contributed by atoms with Gasteiger partial charge in [0, 0.05) is 71.3 Å². The summed E-state index contributed by atoms with van der Waals surface area (Å²) in [5, 5.41) is 9.46. The minimum Gasteiger partial charge on any atom is -0.508 e. The average molecular weight is 426 g/mol. The van der Waals surface area contributed by atoms with Crippen LogP contribution in [0.1, 0.15) is 6.92 Å². The maximum absolute atomic E-state index is 12.7. The monoisotopic (exact) mass is 425 g/mol. The van der Waals surface area contributed by atoms with Gasteiger partial charge in [0.2, 0.25) is 5.91 Å². The van der Waals surface area contributed by atoms with Crippen molar-refractivity contribution in [2.24, 2.45) is 0 Å². The molecule has 0 radical (unpaired) electrons. The first-order chi connectivity index (χ1) is 14.8. The van der Waals surface area contributed by atoms with Crippen molar-refractivity contribution in [3.63, 3.8) is 0 Å². The largest absolute Gasteiger partial charge is 0.508 e. The summed E-state index contributed by atoms with van der Waals surface area (Å²) in [6.07, 6.45) is 0. The fourth-order valence-corrected chi connectivity index (χ4v) is 3.62. The van der Waals surface area contributed by atoms with Crippen molar-refractivity contribution in [2.45, 2.75) is 6.92 Å². The van der Waals surface area contributed by atoms with Crippen LogP contribution in [0.2, 0.25) is 0 Å². The zero-order chi connectivity index (χ0) is 22.5. The van der Waals surface area contributed by atoms with Gasteiger partial charge in [0.05, 0.1) is 6.67 Å². The third-order valence-corrected chi connectivity index (χ3v) is 5.67. The average Bonchev–Trinajstić information content (AvgIpc) is 2.78. The highest BCUT2D eigenvalue weighted by atomic mass is 16.3. The number of hydrogen-bond donors (Lipinski definition) is 1. The SMILES string of the molecule is CC(=O)N(C)CN(C)C(=O)N(C)c1ccc(N2CCN(c3ccc(O)cc3)CC2)cc1. The fourth-order valence-electron chi connectivity index (χ4n) is 3.62. The lowest BCUT2D eigenvalue weighted by Crippen LogP contribution is -2.46. The Balaban J connectivity index is 1.57. The molecule has 0 unspecified atom stereocenters. The van der Waals surface area contributed by atoms with Gasteiger partial charge in [0.1, 0.15) is 5.75 Å². The maximum Gasteiger partial charge on any atom is 0.325 e. The van der Waals surface area contributed by atoms with Crippen LogP contribution in [-0.2, 0) is 4.79 Å². The summed E-state index contributed by atoms with van der Waals surface area (Å²) >= 11 is 0. The van der Waals surface area contributed by atoms with Crippen molar-refractivity contribution in [3.05, 3.63) is 48.5 Å². The second-order valence-corrected chi connectivity index (χ2v) is 7.90. The van der Waals surface area contributed by atoms with Crippen LogP contribution < -0.4 is 14.7 Å². The summed E-state index contributed by atoms with van der Waals surface area (Å²) in [4.78, 5) is 33.3. The molecular formula is C23H31N5O3. The molecule has 1 fully saturated rings. The van der Waals surface area contributed by atoms with Gasteiger partial charge in [0.15, 0.2) is 0 Å². The number of amides is 3. The van der Waals surface area contributed by atoms with Gasteiger partial charge in [-0.3, -0.25) is 9.69 Å². The van der Waals surface area contributed by atoms with E-state index in [4.69, 9.17) is 0 Å². The number of phenolic OH excluding ortho intramolecular Hbond substituents is 1. The summed E-state index contributed by atoms with van der Waals surface area (Å²) in [6, 6.07) is 15.1. The topological polar surface area (TPSA) is 70.6 Å². The third-order valence-electron chi connectivity index (χ3n) is 5.67. The van der Waals surface area contributed by atoms with E-state index in [1.807, 2.05) is 36.4 Å². The molecule has 0 saturated carbocycles. The van der Waals surface area contributed by atoms with Crippen LogP contribution in [0, 0.1) is 0 Å². The Morgan fingerprint density at radius 2 is 1.26 bits per heavy atom. The van der Waals surface area contributed by atoms with Crippen LogP contribution in [0.15, 0.2) is 48.5 Å². The Morgan fingerprint density at radius 1 is 0.806 bits per heavy atom. The van der Waals surface area contributed by atoms with E-state index < -0.39 is 0 Å². The van der Waals surface area contributed by atoms with Crippen molar-refractivity contribution in [2.75, 3.05) is 68.7 Å². The van der Waals surface area contributed by atoms with E-state index in [0.717, 1.165) is 43.2 Å². The maximum atomic E-state index is 12.7. The number of phenols is 1. The molecule has 8 heteroatoms. The number of carbonyl (C=O) groups excluding carboxylic acids is 2. The first kappa shape index (κ1) is 22.3. The molecule has 0 atom stereocenters. The van der Waals surface area contributed by atoms with Gasteiger partial charge in [-0.1, -0.05) is 0 Å². The van der Waals surface area contributed by atoms with E-state index in [2.05, 4.69) is 9.80 Å². The molecular weight excluding hydrogens is 394 g/mol. The molecule has 1 N–H and O–H groups in total. The highest BCUT2D eigenvalue weighted by Crippen LogP contribution is 2.24. The highest BCUT2D eigenvalue weighted by Gasteiger charge is 2.20. The van der Waals surface area contributed by atoms with Crippen molar-refractivity contribution < 1.29 is 14.7 Å². The van der Waals surface area contributed by atoms with Gasteiger partial charge in [0.25, 0.3) is 0 Å². The number of anilines is 3. The fraction of sp³-hybridized carbons (Fsp3) is 0.391. The van der Waals surface area contributed by atoms with Gasteiger partial charge >= 0.3 is 6.03 Å². The summed E-state index contributed by atoms with van der Waals surface area (Å²) in [7, 11) is 5.08. The predicted octanol–water partition coefficient (Wildman–Crippen LogP) is 2.64. The first-order valence-corrected chi connectivity index (χ1v) is 10.4. The summed E-state index contributed by atoms with van der Waals surface area (Å²) < 4.78 is 0. The van der Waals surface area contributed by atoms with Gasteiger partial charge < -0.3 is 24.7 Å². The van der Waals surface area contributed by atoms with Crippen LogP contribution in [-0.4, -0.2) is 80.8 Å². The molecule has 3 amide bonds.